The van der Waals surface area contributed by atoms with Crippen molar-refractivity contribution in [3.63, 3.8) is 0 Å². The summed E-state index contributed by atoms with van der Waals surface area (Å²) in [5.41, 5.74) is 4.00. The molecule has 2 heterocycles. The Bertz CT molecular complexity index is 1420. The van der Waals surface area contributed by atoms with Gasteiger partial charge in [0, 0.05) is 51.8 Å². The van der Waals surface area contributed by atoms with Crippen LogP contribution >= 0.6 is 23.2 Å². The van der Waals surface area contributed by atoms with Crippen LogP contribution in [0.3, 0.4) is 0 Å². The number of aromatic nitrogens is 2. The second kappa shape index (κ2) is 12.4. The number of anilines is 1. The Labute approximate surface area is 240 Å². The fourth-order valence-electron chi connectivity index (χ4n) is 5.49. The molecular formula is C31H35Cl2N5O. The van der Waals surface area contributed by atoms with Gasteiger partial charge >= 0.3 is 0 Å². The topological polar surface area (TPSA) is 44.6 Å². The SMILES string of the molecule is CN(CC(CCN1CCCN(c2nc3ccccc3n2C)CC1)c1ccc(Cl)c(Cl)c1)C(=O)c1ccccc1. The zero-order valence-corrected chi connectivity index (χ0v) is 24.1. The van der Waals surface area contributed by atoms with E-state index < -0.39 is 0 Å². The van der Waals surface area contributed by atoms with E-state index in [1.165, 1.54) is 0 Å². The van der Waals surface area contributed by atoms with Crippen LogP contribution in [0, 0.1) is 0 Å². The molecule has 0 N–H and O–H groups in total. The molecule has 1 saturated heterocycles. The maximum absolute atomic E-state index is 13.1. The van der Waals surface area contributed by atoms with E-state index in [1.54, 1.807) is 0 Å². The lowest BCUT2D eigenvalue weighted by atomic mass is 9.94. The lowest BCUT2D eigenvalue weighted by Crippen LogP contribution is -2.35. The molecule has 0 aliphatic carbocycles. The Morgan fingerprint density at radius 1 is 0.949 bits per heavy atom. The number of nitrogens with zero attached hydrogens (tertiary/aromatic N) is 5. The van der Waals surface area contributed by atoms with E-state index in [1.807, 2.05) is 66.5 Å². The Balaban J connectivity index is 1.26. The van der Waals surface area contributed by atoms with Crippen LogP contribution in [0.4, 0.5) is 5.95 Å². The molecule has 3 aromatic carbocycles. The van der Waals surface area contributed by atoms with Gasteiger partial charge in [-0.15, -0.1) is 0 Å². The van der Waals surface area contributed by atoms with Crippen LogP contribution in [0.25, 0.3) is 11.0 Å². The number of para-hydroxylation sites is 2. The molecule has 5 rings (SSSR count). The molecule has 1 unspecified atom stereocenters. The van der Waals surface area contributed by atoms with E-state index in [0.717, 1.165) is 68.1 Å². The summed E-state index contributed by atoms with van der Waals surface area (Å²) in [6.07, 6.45) is 1.99. The van der Waals surface area contributed by atoms with Crippen molar-refractivity contribution >= 4 is 46.1 Å². The molecule has 39 heavy (non-hydrogen) atoms. The Morgan fingerprint density at radius 3 is 2.49 bits per heavy atom. The van der Waals surface area contributed by atoms with Crippen LogP contribution in [0.1, 0.15) is 34.7 Å². The zero-order valence-electron chi connectivity index (χ0n) is 22.6. The van der Waals surface area contributed by atoms with Gasteiger partial charge in [0.15, 0.2) is 0 Å². The minimum absolute atomic E-state index is 0.0218. The Morgan fingerprint density at radius 2 is 1.72 bits per heavy atom. The Hall–Kier alpha value is -3.06. The summed E-state index contributed by atoms with van der Waals surface area (Å²) in [7, 11) is 3.98. The third kappa shape index (κ3) is 6.40. The number of carbonyl (C=O) groups excluding carboxylic acids is 1. The first-order valence-corrected chi connectivity index (χ1v) is 14.3. The highest BCUT2D eigenvalue weighted by Crippen LogP contribution is 2.29. The molecule has 8 heteroatoms. The van der Waals surface area contributed by atoms with Crippen molar-refractivity contribution in [1.82, 2.24) is 19.4 Å². The van der Waals surface area contributed by atoms with Crippen LogP contribution in [0.2, 0.25) is 10.0 Å². The summed E-state index contributed by atoms with van der Waals surface area (Å²) in [6, 6.07) is 23.6. The average molecular weight is 565 g/mol. The second-order valence-electron chi connectivity index (χ2n) is 10.4. The van der Waals surface area contributed by atoms with Crippen molar-refractivity contribution in [2.75, 3.05) is 51.2 Å². The average Bonchev–Trinajstić information content (AvgIpc) is 3.12. The van der Waals surface area contributed by atoms with Crippen LogP contribution in [0.5, 0.6) is 0 Å². The molecule has 4 aromatic rings. The minimum Gasteiger partial charge on any atom is -0.341 e. The monoisotopic (exact) mass is 563 g/mol. The van der Waals surface area contributed by atoms with E-state index in [-0.39, 0.29) is 11.8 Å². The zero-order chi connectivity index (χ0) is 27.4. The fraction of sp³-hybridized carbons (Fsp3) is 0.355. The fourth-order valence-corrected chi connectivity index (χ4v) is 5.80. The van der Waals surface area contributed by atoms with E-state index in [4.69, 9.17) is 28.2 Å². The number of aryl methyl sites for hydroxylation is 1. The summed E-state index contributed by atoms with van der Waals surface area (Å²) in [6.45, 7) is 5.46. The summed E-state index contributed by atoms with van der Waals surface area (Å²) < 4.78 is 2.20. The van der Waals surface area contributed by atoms with Crippen molar-refractivity contribution in [3.05, 3.63) is 94.0 Å². The second-order valence-corrected chi connectivity index (χ2v) is 11.2. The molecule has 1 aliphatic heterocycles. The lowest BCUT2D eigenvalue weighted by molar-refractivity contribution is 0.0783. The molecule has 1 aliphatic rings. The van der Waals surface area contributed by atoms with E-state index in [2.05, 4.69) is 39.6 Å². The lowest BCUT2D eigenvalue weighted by Gasteiger charge is -2.28. The molecule has 1 fully saturated rings. The molecule has 0 bridgehead atoms. The maximum Gasteiger partial charge on any atom is 0.253 e. The van der Waals surface area contributed by atoms with Gasteiger partial charge in [-0.1, -0.05) is 59.6 Å². The first-order valence-electron chi connectivity index (χ1n) is 13.5. The number of fused-ring (bicyclic) bond motifs is 1. The first kappa shape index (κ1) is 27.5. The molecule has 0 radical (unpaired) electrons. The van der Waals surface area contributed by atoms with Crippen molar-refractivity contribution in [2.24, 2.45) is 7.05 Å². The number of benzene rings is 3. The molecule has 1 aromatic heterocycles. The number of imidazole rings is 1. The summed E-state index contributed by atoms with van der Waals surface area (Å²) in [5, 5.41) is 1.09. The predicted molar refractivity (Wildman–Crippen MR) is 161 cm³/mol. The maximum atomic E-state index is 13.1. The Kier molecular flexibility index (Phi) is 8.75. The van der Waals surface area contributed by atoms with Gasteiger partial charge in [0.2, 0.25) is 5.95 Å². The van der Waals surface area contributed by atoms with Gasteiger partial charge in [-0.2, -0.15) is 0 Å². The normalized spacial score (nSPS) is 15.3. The third-order valence-corrected chi connectivity index (χ3v) is 8.44. The molecule has 0 saturated carbocycles. The van der Waals surface area contributed by atoms with Gasteiger partial charge < -0.3 is 19.3 Å². The van der Waals surface area contributed by atoms with Crippen molar-refractivity contribution in [3.8, 4) is 0 Å². The third-order valence-electron chi connectivity index (χ3n) is 7.71. The summed E-state index contributed by atoms with van der Waals surface area (Å²) >= 11 is 12.6. The van der Waals surface area contributed by atoms with Crippen molar-refractivity contribution < 1.29 is 4.79 Å². The van der Waals surface area contributed by atoms with Crippen LogP contribution in [-0.2, 0) is 7.05 Å². The van der Waals surface area contributed by atoms with Gasteiger partial charge in [0.25, 0.3) is 5.91 Å². The standard InChI is InChI=1S/C31H35Cl2N5O/c1-35(30(39)23-9-4-3-5-10-23)22-25(24-13-14-26(32)27(33)21-24)15-18-37-16-8-17-38(20-19-37)31-34-28-11-6-7-12-29(28)36(31)2/h3-7,9-14,21,25H,8,15-20,22H2,1-2H3. The van der Waals surface area contributed by atoms with Gasteiger partial charge in [-0.25, -0.2) is 4.98 Å². The van der Waals surface area contributed by atoms with Crippen LogP contribution in [-0.4, -0.2) is 71.6 Å². The number of carbonyl (C=O) groups is 1. The van der Waals surface area contributed by atoms with E-state index >= 15 is 0 Å². The molecular weight excluding hydrogens is 529 g/mol. The molecule has 6 nitrogen and oxygen atoms in total. The highest BCUT2D eigenvalue weighted by Gasteiger charge is 2.23. The van der Waals surface area contributed by atoms with Crippen LogP contribution in [0.15, 0.2) is 72.8 Å². The number of likely N-dealkylation sites (N-methyl/N-ethyl adjacent to an activating group) is 1. The summed E-state index contributed by atoms with van der Waals surface area (Å²) in [4.78, 5) is 24.8. The van der Waals surface area contributed by atoms with Crippen molar-refractivity contribution in [1.29, 1.82) is 0 Å². The van der Waals surface area contributed by atoms with Gasteiger partial charge in [-0.05, 0) is 67.9 Å². The van der Waals surface area contributed by atoms with Crippen LogP contribution < -0.4 is 4.90 Å². The largest absolute Gasteiger partial charge is 0.341 e. The van der Waals surface area contributed by atoms with Crippen molar-refractivity contribution in [2.45, 2.75) is 18.8 Å². The number of amides is 1. The molecule has 204 valence electrons. The van der Waals surface area contributed by atoms with E-state index in [0.29, 0.717) is 22.2 Å². The molecule has 0 spiro atoms. The molecule has 1 atom stereocenters. The first-order chi connectivity index (χ1) is 18.9. The molecule has 1 amide bonds. The smallest absolute Gasteiger partial charge is 0.253 e. The highest BCUT2D eigenvalue weighted by molar-refractivity contribution is 6.42. The quantitative estimate of drug-likeness (QED) is 0.251. The number of rotatable bonds is 8. The summed E-state index contributed by atoms with van der Waals surface area (Å²) in [5.74, 6) is 1.19. The number of hydrogen-bond donors (Lipinski definition) is 0. The van der Waals surface area contributed by atoms with Gasteiger partial charge in [0.1, 0.15) is 0 Å². The number of halogens is 2. The predicted octanol–water partition coefficient (Wildman–Crippen LogP) is 6.34. The van der Waals surface area contributed by atoms with Gasteiger partial charge in [0.05, 0.1) is 21.1 Å². The highest BCUT2D eigenvalue weighted by atomic mass is 35.5. The number of hydrogen-bond acceptors (Lipinski definition) is 4. The minimum atomic E-state index is 0.0218. The van der Waals surface area contributed by atoms with E-state index in [9.17, 15) is 4.79 Å². The van der Waals surface area contributed by atoms with Gasteiger partial charge in [-0.3, -0.25) is 4.79 Å².